The van der Waals surface area contributed by atoms with Crippen molar-refractivity contribution in [3.05, 3.63) is 56.5 Å². The van der Waals surface area contributed by atoms with Gasteiger partial charge in [0.25, 0.3) is 5.91 Å². The van der Waals surface area contributed by atoms with Crippen molar-refractivity contribution >= 4 is 52.5 Å². The maximum Gasteiger partial charge on any atom is 0.266 e. The molecular formula is C21H19Cl3N2O3. The van der Waals surface area contributed by atoms with Crippen LogP contribution < -0.4 is 14.8 Å². The molecule has 2 aromatic carbocycles. The molecule has 5 nitrogen and oxygen atoms in total. The predicted octanol–water partition coefficient (Wildman–Crippen LogP) is 6.38. The van der Waals surface area contributed by atoms with Crippen LogP contribution in [-0.2, 0) is 4.79 Å². The van der Waals surface area contributed by atoms with Gasteiger partial charge in [0, 0.05) is 5.69 Å². The summed E-state index contributed by atoms with van der Waals surface area (Å²) >= 11 is 18.2. The number of halogens is 3. The first kappa shape index (κ1) is 22.9. The lowest BCUT2D eigenvalue weighted by Gasteiger charge is -2.17. The molecule has 0 heterocycles. The van der Waals surface area contributed by atoms with Gasteiger partial charge in [0.05, 0.1) is 28.3 Å². The summed E-state index contributed by atoms with van der Waals surface area (Å²) < 4.78 is 11.2. The number of rotatable bonds is 7. The summed E-state index contributed by atoms with van der Waals surface area (Å²) in [5.41, 5.74) is 0.812. The third-order valence-corrected chi connectivity index (χ3v) is 5.02. The highest BCUT2D eigenvalue weighted by Crippen LogP contribution is 2.38. The number of ether oxygens (including phenoxy) is 2. The second-order valence-corrected chi connectivity index (χ2v) is 7.35. The van der Waals surface area contributed by atoms with Crippen LogP contribution in [0.1, 0.15) is 25.8 Å². The topological polar surface area (TPSA) is 71.3 Å². The Morgan fingerprint density at radius 2 is 1.93 bits per heavy atom. The van der Waals surface area contributed by atoms with Crippen LogP contribution in [0.2, 0.25) is 15.1 Å². The third kappa shape index (κ3) is 6.04. The molecule has 152 valence electrons. The number of anilines is 1. The number of carbonyl (C=O) groups is 1. The second-order valence-electron chi connectivity index (χ2n) is 6.12. The minimum absolute atomic E-state index is 0.0468. The first-order chi connectivity index (χ1) is 13.8. The molecule has 0 fully saturated rings. The van der Waals surface area contributed by atoms with Gasteiger partial charge in [0.1, 0.15) is 11.6 Å². The van der Waals surface area contributed by atoms with Gasteiger partial charge in [0.15, 0.2) is 11.5 Å². The molecule has 1 N–H and O–H groups in total. The van der Waals surface area contributed by atoms with Crippen LogP contribution in [0.15, 0.2) is 35.9 Å². The molecule has 0 aliphatic rings. The average Bonchev–Trinajstić information content (AvgIpc) is 2.70. The molecule has 0 saturated carbocycles. The Morgan fingerprint density at radius 3 is 2.52 bits per heavy atom. The molecule has 0 unspecified atom stereocenters. The zero-order valence-corrected chi connectivity index (χ0v) is 18.3. The molecule has 0 spiro atoms. The van der Waals surface area contributed by atoms with Crippen molar-refractivity contribution in [3.8, 4) is 17.6 Å². The quantitative estimate of drug-likeness (QED) is 0.390. The average molecular weight is 454 g/mol. The Kier molecular flexibility index (Phi) is 8.21. The van der Waals surface area contributed by atoms with Gasteiger partial charge in [-0.3, -0.25) is 4.79 Å². The van der Waals surface area contributed by atoms with Gasteiger partial charge in [-0.25, -0.2) is 0 Å². The van der Waals surface area contributed by atoms with Gasteiger partial charge in [-0.05, 0) is 55.3 Å². The van der Waals surface area contributed by atoms with Crippen LogP contribution in [-0.4, -0.2) is 19.1 Å². The standard InChI is InChI=1S/C21H19Cl3N2O3/c1-4-12(2)29-20-18(24)8-13(9-19(20)28-3)7-14(11-25)21(27)26-15-5-6-16(22)17(23)10-15/h5-10,12H,4H2,1-3H3,(H,26,27)/b14-7-/t12-/m1/s1. The van der Waals surface area contributed by atoms with E-state index in [0.717, 1.165) is 6.42 Å². The van der Waals surface area contributed by atoms with Crippen molar-refractivity contribution in [2.75, 3.05) is 12.4 Å². The van der Waals surface area contributed by atoms with Crippen molar-refractivity contribution in [2.24, 2.45) is 0 Å². The van der Waals surface area contributed by atoms with Crippen molar-refractivity contribution in [1.29, 1.82) is 5.26 Å². The lowest BCUT2D eigenvalue weighted by atomic mass is 10.1. The van der Waals surface area contributed by atoms with E-state index in [-0.39, 0.29) is 11.7 Å². The van der Waals surface area contributed by atoms with Crippen LogP contribution >= 0.6 is 34.8 Å². The van der Waals surface area contributed by atoms with Gasteiger partial charge < -0.3 is 14.8 Å². The van der Waals surface area contributed by atoms with Crippen molar-refractivity contribution < 1.29 is 14.3 Å². The fourth-order valence-corrected chi connectivity index (χ4v) is 2.87. The molecule has 2 aromatic rings. The Bertz CT molecular complexity index is 984. The van der Waals surface area contributed by atoms with Gasteiger partial charge in [-0.2, -0.15) is 5.26 Å². The summed E-state index contributed by atoms with van der Waals surface area (Å²) in [6.07, 6.45) is 2.16. The van der Waals surface area contributed by atoms with Crippen molar-refractivity contribution in [1.82, 2.24) is 0 Å². The number of nitriles is 1. The molecule has 0 radical (unpaired) electrons. The highest BCUT2D eigenvalue weighted by Gasteiger charge is 2.16. The Hall–Kier alpha value is -2.39. The summed E-state index contributed by atoms with van der Waals surface area (Å²) in [6.45, 7) is 3.92. The van der Waals surface area contributed by atoms with Crippen molar-refractivity contribution in [2.45, 2.75) is 26.4 Å². The van der Waals surface area contributed by atoms with Gasteiger partial charge in [0.2, 0.25) is 0 Å². The molecule has 0 bridgehead atoms. The molecule has 2 rings (SSSR count). The zero-order chi connectivity index (χ0) is 21.6. The van der Waals surface area contributed by atoms with E-state index in [0.29, 0.717) is 37.8 Å². The Balaban J connectivity index is 2.31. The van der Waals surface area contributed by atoms with E-state index in [1.165, 1.54) is 19.3 Å². The minimum atomic E-state index is -0.596. The third-order valence-electron chi connectivity index (χ3n) is 4.00. The number of nitrogens with zero attached hydrogens (tertiary/aromatic N) is 1. The molecule has 0 saturated heterocycles. The van der Waals surface area contributed by atoms with Crippen LogP contribution in [0.5, 0.6) is 11.5 Å². The lowest BCUT2D eigenvalue weighted by molar-refractivity contribution is -0.112. The SMILES string of the molecule is CC[C@@H](C)Oc1c(Cl)cc(/C=C(/C#N)C(=O)Nc2ccc(Cl)c(Cl)c2)cc1OC. The molecular weight excluding hydrogens is 435 g/mol. The molecule has 0 aromatic heterocycles. The van der Waals surface area contributed by atoms with E-state index in [2.05, 4.69) is 5.32 Å². The number of nitrogens with one attached hydrogen (secondary N) is 1. The van der Waals surface area contributed by atoms with E-state index in [9.17, 15) is 10.1 Å². The molecule has 0 aliphatic carbocycles. The first-order valence-electron chi connectivity index (χ1n) is 8.71. The van der Waals surface area contributed by atoms with E-state index < -0.39 is 5.91 Å². The highest BCUT2D eigenvalue weighted by atomic mass is 35.5. The maximum absolute atomic E-state index is 12.5. The summed E-state index contributed by atoms with van der Waals surface area (Å²) in [4.78, 5) is 12.5. The van der Waals surface area contributed by atoms with Crippen LogP contribution in [0, 0.1) is 11.3 Å². The minimum Gasteiger partial charge on any atom is -0.493 e. The number of benzene rings is 2. The van der Waals surface area contributed by atoms with E-state index >= 15 is 0 Å². The largest absolute Gasteiger partial charge is 0.493 e. The lowest BCUT2D eigenvalue weighted by Crippen LogP contribution is -2.13. The molecule has 1 atom stereocenters. The fourth-order valence-electron chi connectivity index (χ4n) is 2.31. The van der Waals surface area contributed by atoms with E-state index in [1.807, 2.05) is 19.9 Å². The summed E-state index contributed by atoms with van der Waals surface area (Å²) in [7, 11) is 1.49. The van der Waals surface area contributed by atoms with Gasteiger partial charge in [-0.15, -0.1) is 0 Å². The monoisotopic (exact) mass is 452 g/mol. The molecule has 1 amide bonds. The molecule has 0 aliphatic heterocycles. The summed E-state index contributed by atoms with van der Waals surface area (Å²) in [6, 6.07) is 9.77. The predicted molar refractivity (Wildman–Crippen MR) is 117 cm³/mol. The van der Waals surface area contributed by atoms with Crippen molar-refractivity contribution in [3.63, 3.8) is 0 Å². The van der Waals surface area contributed by atoms with E-state index in [4.69, 9.17) is 44.3 Å². The molecule has 29 heavy (non-hydrogen) atoms. The Morgan fingerprint density at radius 1 is 1.21 bits per heavy atom. The Labute approximate surface area is 184 Å². The van der Waals surface area contributed by atoms with E-state index in [1.54, 1.807) is 24.3 Å². The normalized spacial score (nSPS) is 12.1. The van der Waals surface area contributed by atoms with Crippen LogP contribution in [0.4, 0.5) is 5.69 Å². The number of hydrogen-bond acceptors (Lipinski definition) is 4. The van der Waals surface area contributed by atoms with Crippen LogP contribution in [0.3, 0.4) is 0 Å². The smallest absolute Gasteiger partial charge is 0.266 e. The number of hydrogen-bond donors (Lipinski definition) is 1. The summed E-state index contributed by atoms with van der Waals surface area (Å²) in [5, 5.41) is 13.0. The van der Waals surface area contributed by atoms with Gasteiger partial charge in [-0.1, -0.05) is 41.7 Å². The maximum atomic E-state index is 12.5. The number of amides is 1. The van der Waals surface area contributed by atoms with Gasteiger partial charge >= 0.3 is 0 Å². The molecule has 8 heteroatoms. The fraction of sp³-hybridized carbons (Fsp3) is 0.238. The number of carbonyl (C=O) groups excluding carboxylic acids is 1. The zero-order valence-electron chi connectivity index (χ0n) is 16.1. The highest BCUT2D eigenvalue weighted by molar-refractivity contribution is 6.42. The summed E-state index contributed by atoms with van der Waals surface area (Å²) in [5.74, 6) is 0.228. The first-order valence-corrected chi connectivity index (χ1v) is 9.84. The number of methoxy groups -OCH3 is 1. The van der Waals surface area contributed by atoms with Crippen LogP contribution in [0.25, 0.3) is 6.08 Å². The second kappa shape index (κ2) is 10.4.